The molecular weight excluding hydrogens is 378 g/mol. The molecule has 0 fully saturated rings. The Morgan fingerprint density at radius 3 is 2.17 bits per heavy atom. The van der Waals surface area contributed by atoms with Gasteiger partial charge in [0.15, 0.2) is 0 Å². The monoisotopic (exact) mass is 403 g/mol. The summed E-state index contributed by atoms with van der Waals surface area (Å²) >= 11 is 0. The first kappa shape index (κ1) is 21.0. The van der Waals surface area contributed by atoms with Gasteiger partial charge in [0.2, 0.25) is 0 Å². The van der Waals surface area contributed by atoms with Crippen molar-refractivity contribution in [2.24, 2.45) is 0 Å². The van der Waals surface area contributed by atoms with Crippen LogP contribution in [-0.2, 0) is 20.9 Å². The minimum absolute atomic E-state index is 0.308. The molecule has 0 saturated heterocycles. The first-order valence-corrected chi connectivity index (χ1v) is 9.55. The van der Waals surface area contributed by atoms with E-state index in [1.54, 1.807) is 0 Å². The van der Waals surface area contributed by atoms with Crippen LogP contribution in [0.25, 0.3) is 5.57 Å². The fraction of sp³-hybridized carbons (Fsp3) is 0.160. The van der Waals surface area contributed by atoms with Crippen molar-refractivity contribution in [2.75, 3.05) is 26.2 Å². The molecule has 0 aliphatic rings. The maximum absolute atomic E-state index is 12.1. The van der Waals surface area contributed by atoms with E-state index in [1.807, 2.05) is 73.8 Å². The van der Waals surface area contributed by atoms with Crippen molar-refractivity contribution >= 4 is 22.9 Å². The molecule has 0 aliphatic heterocycles. The third-order valence-corrected chi connectivity index (χ3v) is 4.71. The number of methoxy groups -OCH3 is 2. The summed E-state index contributed by atoms with van der Waals surface area (Å²) in [6, 6.07) is 25.6. The maximum atomic E-state index is 12.1. The van der Waals surface area contributed by atoms with Crippen LogP contribution < -0.4 is 9.64 Å². The molecule has 0 spiro atoms. The number of benzene rings is 3. The van der Waals surface area contributed by atoms with Crippen molar-refractivity contribution in [2.45, 2.75) is 6.61 Å². The highest BCUT2D eigenvalue weighted by Crippen LogP contribution is 2.27. The van der Waals surface area contributed by atoms with Gasteiger partial charge < -0.3 is 19.1 Å². The second-order valence-electron chi connectivity index (χ2n) is 6.59. The quantitative estimate of drug-likeness (QED) is 0.294. The lowest BCUT2D eigenvalue weighted by molar-refractivity contribution is -0.133. The Morgan fingerprint density at radius 2 is 1.50 bits per heavy atom. The van der Waals surface area contributed by atoms with Gasteiger partial charge in [-0.2, -0.15) is 0 Å². The Kier molecular flexibility index (Phi) is 7.11. The normalized spacial score (nSPS) is 11.0. The van der Waals surface area contributed by atoms with E-state index in [4.69, 9.17) is 14.2 Å². The summed E-state index contributed by atoms with van der Waals surface area (Å²) in [4.78, 5) is 14.2. The van der Waals surface area contributed by atoms with Crippen molar-refractivity contribution in [1.29, 1.82) is 0 Å². The number of anilines is 2. The molecule has 0 saturated carbocycles. The summed E-state index contributed by atoms with van der Waals surface area (Å²) in [5.74, 6) is 0.281. The maximum Gasteiger partial charge on any atom is 0.341 e. The molecule has 0 aliphatic carbocycles. The van der Waals surface area contributed by atoms with Crippen LogP contribution in [0.4, 0.5) is 11.4 Å². The van der Waals surface area contributed by atoms with Crippen molar-refractivity contribution in [3.63, 3.8) is 0 Å². The molecule has 5 nitrogen and oxygen atoms in total. The number of para-hydroxylation sites is 1. The lowest BCUT2D eigenvalue weighted by atomic mass is 10.0. The average Bonchev–Trinajstić information content (AvgIpc) is 2.81. The number of esters is 1. The van der Waals surface area contributed by atoms with E-state index in [0.717, 1.165) is 22.7 Å². The van der Waals surface area contributed by atoms with Gasteiger partial charge in [-0.05, 0) is 47.5 Å². The Morgan fingerprint density at radius 1 is 0.867 bits per heavy atom. The molecule has 0 heterocycles. The number of hydrogen-bond donors (Lipinski definition) is 0. The van der Waals surface area contributed by atoms with Gasteiger partial charge in [-0.1, -0.05) is 42.5 Å². The minimum Gasteiger partial charge on any atom is -0.503 e. The molecule has 0 N–H and O–H groups in total. The van der Waals surface area contributed by atoms with E-state index in [-0.39, 0.29) is 0 Å². The molecule has 0 radical (unpaired) electrons. The zero-order valence-electron chi connectivity index (χ0n) is 17.4. The minimum atomic E-state index is -0.461. The number of nitrogens with zero attached hydrogens (tertiary/aromatic N) is 1. The molecule has 5 heteroatoms. The molecule has 0 aromatic heterocycles. The van der Waals surface area contributed by atoms with Crippen LogP contribution in [0.3, 0.4) is 0 Å². The van der Waals surface area contributed by atoms with E-state index in [9.17, 15) is 4.79 Å². The zero-order chi connectivity index (χ0) is 21.3. The molecule has 0 bridgehead atoms. The summed E-state index contributed by atoms with van der Waals surface area (Å²) in [5, 5.41) is 0. The van der Waals surface area contributed by atoms with E-state index >= 15 is 0 Å². The average molecular weight is 403 g/mol. The van der Waals surface area contributed by atoms with Crippen LogP contribution >= 0.6 is 0 Å². The first-order valence-electron chi connectivity index (χ1n) is 9.55. The lowest BCUT2D eigenvalue weighted by Crippen LogP contribution is -2.09. The van der Waals surface area contributed by atoms with Crippen LogP contribution in [0.15, 0.2) is 85.1 Å². The number of hydrogen-bond acceptors (Lipinski definition) is 5. The fourth-order valence-electron chi connectivity index (χ4n) is 3.09. The first-order chi connectivity index (χ1) is 14.6. The molecule has 0 atom stereocenters. The number of ether oxygens (including phenoxy) is 3. The summed E-state index contributed by atoms with van der Waals surface area (Å²) in [6.07, 6.45) is 1.39. The van der Waals surface area contributed by atoms with Crippen LogP contribution in [0.2, 0.25) is 0 Å². The van der Waals surface area contributed by atoms with Gasteiger partial charge in [0.05, 0.1) is 20.5 Å². The SMILES string of the molecule is COC=C(C(=O)OC)c1ccccc1COc1ccc(N(C)c2ccccc2)cc1. The summed E-state index contributed by atoms with van der Waals surface area (Å²) < 4.78 is 15.9. The Labute approximate surface area is 177 Å². The van der Waals surface area contributed by atoms with Gasteiger partial charge in [-0.3, -0.25) is 0 Å². The van der Waals surface area contributed by atoms with E-state index in [0.29, 0.717) is 17.7 Å². The highest BCUT2D eigenvalue weighted by molar-refractivity contribution is 6.16. The van der Waals surface area contributed by atoms with Crippen LogP contribution in [0.5, 0.6) is 5.75 Å². The van der Waals surface area contributed by atoms with Crippen molar-refractivity contribution < 1.29 is 19.0 Å². The van der Waals surface area contributed by atoms with Gasteiger partial charge >= 0.3 is 5.97 Å². The molecule has 3 aromatic rings. The van der Waals surface area contributed by atoms with Crippen molar-refractivity contribution in [3.05, 3.63) is 96.3 Å². The van der Waals surface area contributed by atoms with E-state index in [2.05, 4.69) is 17.0 Å². The van der Waals surface area contributed by atoms with Crippen molar-refractivity contribution in [3.8, 4) is 5.75 Å². The summed E-state index contributed by atoms with van der Waals surface area (Å²) in [6.45, 7) is 0.308. The number of carbonyl (C=O) groups excluding carboxylic acids is 1. The zero-order valence-corrected chi connectivity index (χ0v) is 17.4. The molecule has 30 heavy (non-hydrogen) atoms. The molecule has 3 rings (SSSR count). The molecular formula is C25H25NO4. The largest absolute Gasteiger partial charge is 0.503 e. The lowest BCUT2D eigenvalue weighted by Gasteiger charge is -2.20. The molecule has 0 amide bonds. The van der Waals surface area contributed by atoms with Crippen molar-refractivity contribution in [1.82, 2.24) is 0 Å². The smallest absolute Gasteiger partial charge is 0.341 e. The Balaban J connectivity index is 1.73. The van der Waals surface area contributed by atoms with Gasteiger partial charge in [0, 0.05) is 18.4 Å². The van der Waals surface area contributed by atoms with Gasteiger partial charge in [-0.15, -0.1) is 0 Å². The topological polar surface area (TPSA) is 48.0 Å². The highest BCUT2D eigenvalue weighted by atomic mass is 16.5. The Bertz CT molecular complexity index is 997. The predicted octanol–water partition coefficient (Wildman–Crippen LogP) is 5.19. The molecule has 0 unspecified atom stereocenters. The Hall–Kier alpha value is -3.73. The van der Waals surface area contributed by atoms with Gasteiger partial charge in [-0.25, -0.2) is 4.79 Å². The summed E-state index contributed by atoms with van der Waals surface area (Å²) in [7, 11) is 4.87. The standard InChI is InChI=1S/C25H25NO4/c1-26(20-10-5-4-6-11-20)21-13-15-22(16-14-21)30-17-19-9-7-8-12-23(19)24(18-28-2)25(27)29-3/h4-16,18H,17H2,1-3H3. The van der Waals surface area contributed by atoms with E-state index < -0.39 is 5.97 Å². The molecule has 3 aromatic carbocycles. The predicted molar refractivity (Wildman–Crippen MR) is 119 cm³/mol. The third kappa shape index (κ3) is 5.00. The van der Waals surface area contributed by atoms with E-state index in [1.165, 1.54) is 20.5 Å². The van der Waals surface area contributed by atoms with Crippen LogP contribution in [-0.4, -0.2) is 27.2 Å². The fourth-order valence-corrected chi connectivity index (χ4v) is 3.09. The second kappa shape index (κ2) is 10.2. The third-order valence-electron chi connectivity index (χ3n) is 4.71. The van der Waals surface area contributed by atoms with Crippen LogP contribution in [0.1, 0.15) is 11.1 Å². The number of carbonyl (C=O) groups is 1. The van der Waals surface area contributed by atoms with Crippen LogP contribution in [0, 0.1) is 0 Å². The summed E-state index contributed by atoms with van der Waals surface area (Å²) in [5.41, 5.74) is 4.09. The van der Waals surface area contributed by atoms with Gasteiger partial charge in [0.25, 0.3) is 0 Å². The highest BCUT2D eigenvalue weighted by Gasteiger charge is 2.17. The molecule has 154 valence electrons. The number of rotatable bonds is 8. The second-order valence-corrected chi connectivity index (χ2v) is 6.59. The van der Waals surface area contributed by atoms with Gasteiger partial charge in [0.1, 0.15) is 17.9 Å².